The van der Waals surface area contributed by atoms with Crippen molar-refractivity contribution in [2.24, 2.45) is 0 Å². The summed E-state index contributed by atoms with van der Waals surface area (Å²) in [6, 6.07) is 17.6. The SMILES string of the molecule is Cc1cc(F)cc(-c2cccc3[nH]c(-c4n[nH]c5cnc(-c6cncc(NC(C)C)c6)cc45)cc23)c1. The Hall–Kier alpha value is -4.52. The number of nitrogens with zero attached hydrogens (tertiary/aromatic N) is 3. The predicted molar refractivity (Wildman–Crippen MR) is 143 cm³/mol. The molecule has 0 saturated carbocycles. The van der Waals surface area contributed by atoms with E-state index < -0.39 is 0 Å². The van der Waals surface area contributed by atoms with Crippen LogP contribution >= 0.6 is 0 Å². The lowest BCUT2D eigenvalue weighted by Crippen LogP contribution is -2.09. The summed E-state index contributed by atoms with van der Waals surface area (Å²) in [6.45, 7) is 6.09. The Labute approximate surface area is 207 Å². The molecule has 0 saturated heterocycles. The first-order valence-electron chi connectivity index (χ1n) is 11.9. The summed E-state index contributed by atoms with van der Waals surface area (Å²) in [5.74, 6) is -0.238. The maximum absolute atomic E-state index is 14.1. The maximum atomic E-state index is 14.1. The predicted octanol–water partition coefficient (Wildman–Crippen LogP) is 7.10. The Morgan fingerprint density at radius 3 is 2.61 bits per heavy atom. The molecule has 0 amide bonds. The molecule has 0 bridgehead atoms. The summed E-state index contributed by atoms with van der Waals surface area (Å²) in [5, 5.41) is 13.1. The zero-order valence-corrected chi connectivity index (χ0v) is 20.2. The average Bonchev–Trinajstić information content (AvgIpc) is 3.46. The highest BCUT2D eigenvalue weighted by Gasteiger charge is 2.15. The number of hydrogen-bond donors (Lipinski definition) is 3. The summed E-state index contributed by atoms with van der Waals surface area (Å²) in [5.41, 5.74) is 8.89. The standard InChI is InChI=1S/C29H25FN6/c1-16(2)33-21-10-19(13-31-14-21)26-12-24-28(15-32-26)35-36-29(24)27-11-23-22(5-4-6-25(23)34-27)18-7-17(3)8-20(30)9-18/h4-16,33-34H,1-3H3,(H,35,36). The molecule has 0 aliphatic rings. The molecule has 3 N–H and O–H groups in total. The summed E-state index contributed by atoms with van der Waals surface area (Å²) in [7, 11) is 0. The Morgan fingerprint density at radius 2 is 1.78 bits per heavy atom. The van der Waals surface area contributed by atoms with Crippen LogP contribution in [-0.4, -0.2) is 31.2 Å². The largest absolute Gasteiger partial charge is 0.382 e. The lowest BCUT2D eigenvalue weighted by Gasteiger charge is -2.10. The van der Waals surface area contributed by atoms with Crippen LogP contribution in [0.1, 0.15) is 19.4 Å². The molecule has 0 radical (unpaired) electrons. The van der Waals surface area contributed by atoms with Crippen LogP contribution in [0.15, 0.2) is 73.2 Å². The minimum Gasteiger partial charge on any atom is -0.382 e. The Bertz CT molecular complexity index is 1710. The lowest BCUT2D eigenvalue weighted by molar-refractivity contribution is 0.627. The van der Waals surface area contributed by atoms with Gasteiger partial charge in [-0.15, -0.1) is 0 Å². The van der Waals surface area contributed by atoms with Gasteiger partial charge in [0.2, 0.25) is 0 Å². The van der Waals surface area contributed by atoms with Gasteiger partial charge in [-0.05, 0) is 73.9 Å². The van der Waals surface area contributed by atoms with Crippen LogP contribution < -0.4 is 5.32 Å². The molecule has 178 valence electrons. The van der Waals surface area contributed by atoms with Crippen molar-refractivity contribution < 1.29 is 4.39 Å². The van der Waals surface area contributed by atoms with E-state index in [1.54, 1.807) is 12.3 Å². The number of benzene rings is 2. The Morgan fingerprint density at radius 1 is 0.889 bits per heavy atom. The molecule has 2 aromatic carbocycles. The number of anilines is 1. The monoisotopic (exact) mass is 476 g/mol. The minimum absolute atomic E-state index is 0.238. The minimum atomic E-state index is -0.238. The van der Waals surface area contributed by atoms with Crippen LogP contribution in [0.5, 0.6) is 0 Å². The molecule has 0 aliphatic carbocycles. The Balaban J connectivity index is 1.45. The average molecular weight is 477 g/mol. The van der Waals surface area contributed by atoms with E-state index in [9.17, 15) is 4.39 Å². The molecular formula is C29H25FN6. The van der Waals surface area contributed by atoms with Gasteiger partial charge in [-0.3, -0.25) is 15.1 Å². The molecule has 4 heterocycles. The van der Waals surface area contributed by atoms with Crippen LogP contribution in [0.2, 0.25) is 0 Å². The number of hydrogen-bond acceptors (Lipinski definition) is 4. The molecular weight excluding hydrogens is 451 g/mol. The lowest BCUT2D eigenvalue weighted by atomic mass is 9.99. The number of rotatable bonds is 5. The van der Waals surface area contributed by atoms with Gasteiger partial charge in [-0.25, -0.2) is 4.39 Å². The van der Waals surface area contributed by atoms with E-state index in [1.807, 2.05) is 49.6 Å². The van der Waals surface area contributed by atoms with Crippen molar-refractivity contribution in [1.29, 1.82) is 0 Å². The van der Waals surface area contributed by atoms with Gasteiger partial charge in [0.05, 0.1) is 28.8 Å². The fraction of sp³-hybridized carbons (Fsp3) is 0.138. The zero-order valence-electron chi connectivity index (χ0n) is 20.2. The first-order valence-corrected chi connectivity index (χ1v) is 11.9. The van der Waals surface area contributed by atoms with Gasteiger partial charge in [0, 0.05) is 40.3 Å². The van der Waals surface area contributed by atoms with Crippen molar-refractivity contribution in [3.63, 3.8) is 0 Å². The van der Waals surface area contributed by atoms with E-state index in [0.29, 0.717) is 6.04 Å². The Kier molecular flexibility index (Phi) is 5.25. The molecule has 6 nitrogen and oxygen atoms in total. The van der Waals surface area contributed by atoms with Crippen LogP contribution in [0, 0.1) is 12.7 Å². The van der Waals surface area contributed by atoms with Crippen LogP contribution in [0.4, 0.5) is 10.1 Å². The first-order chi connectivity index (χ1) is 17.4. The highest BCUT2D eigenvalue weighted by molar-refractivity contribution is 6.01. The molecule has 6 aromatic rings. The molecule has 36 heavy (non-hydrogen) atoms. The first kappa shape index (κ1) is 22.0. The molecule has 6 rings (SSSR count). The second-order valence-corrected chi connectivity index (χ2v) is 9.42. The molecule has 0 fully saturated rings. The van der Waals surface area contributed by atoms with E-state index in [-0.39, 0.29) is 5.82 Å². The van der Waals surface area contributed by atoms with Gasteiger partial charge in [0.25, 0.3) is 0 Å². The fourth-order valence-corrected chi connectivity index (χ4v) is 4.70. The number of aromatic amines is 2. The molecule has 0 atom stereocenters. The van der Waals surface area contributed by atoms with Crippen molar-refractivity contribution in [2.75, 3.05) is 5.32 Å². The highest BCUT2D eigenvalue weighted by Crippen LogP contribution is 2.35. The molecule has 0 unspecified atom stereocenters. The van der Waals surface area contributed by atoms with Crippen molar-refractivity contribution >= 4 is 27.5 Å². The summed E-state index contributed by atoms with van der Waals surface area (Å²) in [4.78, 5) is 12.5. The third-order valence-electron chi connectivity index (χ3n) is 6.21. The molecule has 0 aliphatic heterocycles. The number of H-pyrrole nitrogens is 2. The number of fused-ring (bicyclic) bond motifs is 2. The van der Waals surface area contributed by atoms with Gasteiger partial charge in [-0.2, -0.15) is 5.10 Å². The second kappa shape index (κ2) is 8.61. The molecule has 7 heteroatoms. The van der Waals surface area contributed by atoms with E-state index in [1.165, 1.54) is 6.07 Å². The fourth-order valence-electron chi connectivity index (χ4n) is 4.70. The quantitative estimate of drug-likeness (QED) is 0.248. The van der Waals surface area contributed by atoms with E-state index >= 15 is 0 Å². The summed E-state index contributed by atoms with van der Waals surface area (Å²) >= 11 is 0. The third kappa shape index (κ3) is 3.98. The van der Waals surface area contributed by atoms with Crippen LogP contribution in [0.3, 0.4) is 0 Å². The van der Waals surface area contributed by atoms with Gasteiger partial charge in [-0.1, -0.05) is 18.2 Å². The number of nitrogens with one attached hydrogen (secondary N) is 3. The molecule has 4 aromatic heterocycles. The van der Waals surface area contributed by atoms with Crippen molar-refractivity contribution in [3.8, 4) is 33.8 Å². The normalized spacial score (nSPS) is 11.6. The van der Waals surface area contributed by atoms with Crippen molar-refractivity contribution in [1.82, 2.24) is 25.1 Å². The van der Waals surface area contributed by atoms with Gasteiger partial charge >= 0.3 is 0 Å². The summed E-state index contributed by atoms with van der Waals surface area (Å²) < 4.78 is 14.1. The van der Waals surface area contributed by atoms with Crippen LogP contribution in [0.25, 0.3) is 55.6 Å². The molecule has 0 spiro atoms. The van der Waals surface area contributed by atoms with Crippen molar-refractivity contribution in [3.05, 3.63) is 84.6 Å². The second-order valence-electron chi connectivity index (χ2n) is 9.42. The number of aryl methyl sites for hydroxylation is 1. The maximum Gasteiger partial charge on any atom is 0.124 e. The third-order valence-corrected chi connectivity index (χ3v) is 6.21. The highest BCUT2D eigenvalue weighted by atomic mass is 19.1. The van der Waals surface area contributed by atoms with Crippen LogP contribution in [-0.2, 0) is 0 Å². The van der Waals surface area contributed by atoms with Gasteiger partial charge < -0.3 is 10.3 Å². The zero-order chi connectivity index (χ0) is 24.8. The smallest absolute Gasteiger partial charge is 0.124 e. The van der Waals surface area contributed by atoms with E-state index in [2.05, 4.69) is 56.4 Å². The van der Waals surface area contributed by atoms with Gasteiger partial charge in [0.1, 0.15) is 11.5 Å². The summed E-state index contributed by atoms with van der Waals surface area (Å²) in [6.07, 6.45) is 5.43. The number of aromatic nitrogens is 5. The van der Waals surface area contributed by atoms with E-state index in [4.69, 9.17) is 0 Å². The number of halogens is 1. The van der Waals surface area contributed by atoms with Gasteiger partial charge in [0.15, 0.2) is 0 Å². The van der Waals surface area contributed by atoms with Crippen molar-refractivity contribution in [2.45, 2.75) is 26.8 Å². The topological polar surface area (TPSA) is 82.3 Å². The number of pyridine rings is 2. The van der Waals surface area contributed by atoms with E-state index in [0.717, 1.165) is 66.8 Å².